The van der Waals surface area contributed by atoms with Crippen molar-refractivity contribution >= 4 is 11.6 Å². The van der Waals surface area contributed by atoms with Crippen LogP contribution in [0, 0.1) is 24.2 Å². The van der Waals surface area contributed by atoms with Crippen molar-refractivity contribution in [2.75, 3.05) is 25.5 Å². The highest BCUT2D eigenvalue weighted by Gasteiger charge is 2.17. The molecule has 0 radical (unpaired) electrons. The monoisotopic (exact) mass is 259 g/mol. The minimum absolute atomic E-state index is 0.0182. The van der Waals surface area contributed by atoms with E-state index in [4.69, 9.17) is 5.26 Å². The Morgan fingerprint density at radius 2 is 2.21 bits per heavy atom. The van der Waals surface area contributed by atoms with Gasteiger partial charge in [-0.05, 0) is 44.5 Å². The molecule has 4 heteroatoms. The van der Waals surface area contributed by atoms with Gasteiger partial charge in [0, 0.05) is 31.4 Å². The van der Waals surface area contributed by atoms with Crippen LogP contribution in [-0.2, 0) is 0 Å². The molecule has 1 unspecified atom stereocenters. The maximum atomic E-state index is 12.4. The van der Waals surface area contributed by atoms with Gasteiger partial charge in [0.1, 0.15) is 0 Å². The molecule has 1 atom stereocenters. The van der Waals surface area contributed by atoms with Gasteiger partial charge in [-0.2, -0.15) is 5.26 Å². The summed E-state index contributed by atoms with van der Waals surface area (Å²) >= 11 is 0. The Morgan fingerprint density at radius 1 is 1.53 bits per heavy atom. The van der Waals surface area contributed by atoms with E-state index in [0.29, 0.717) is 18.7 Å². The lowest BCUT2D eigenvalue weighted by atomic mass is 10.1. The number of aryl methyl sites for hydroxylation is 1. The molecule has 0 aromatic heterocycles. The molecule has 1 amide bonds. The van der Waals surface area contributed by atoms with Crippen molar-refractivity contribution in [3.63, 3.8) is 0 Å². The first-order valence-electron chi connectivity index (χ1n) is 6.50. The Kier molecular flexibility index (Phi) is 5.37. The lowest BCUT2D eigenvalue weighted by molar-refractivity contribution is 0.0752. The molecule has 0 aliphatic rings. The van der Waals surface area contributed by atoms with Crippen molar-refractivity contribution in [2.45, 2.75) is 20.8 Å². The molecule has 0 bridgehead atoms. The fraction of sp³-hybridized carbons (Fsp3) is 0.467. The summed E-state index contributed by atoms with van der Waals surface area (Å²) in [5.41, 5.74) is 2.73. The highest BCUT2D eigenvalue weighted by atomic mass is 16.2. The molecule has 0 saturated heterocycles. The van der Waals surface area contributed by atoms with Crippen molar-refractivity contribution in [1.82, 2.24) is 4.90 Å². The van der Waals surface area contributed by atoms with Crippen molar-refractivity contribution in [1.29, 1.82) is 5.26 Å². The first-order chi connectivity index (χ1) is 9.03. The van der Waals surface area contributed by atoms with E-state index in [1.807, 2.05) is 46.0 Å². The Bertz CT molecular complexity index is 491. The molecule has 0 saturated carbocycles. The number of carbonyl (C=O) groups is 1. The average molecular weight is 259 g/mol. The molecule has 1 aromatic carbocycles. The summed E-state index contributed by atoms with van der Waals surface area (Å²) in [5, 5.41) is 11.9. The van der Waals surface area contributed by atoms with Crippen LogP contribution in [0.3, 0.4) is 0 Å². The number of rotatable bonds is 5. The topological polar surface area (TPSA) is 56.1 Å². The van der Waals surface area contributed by atoms with Crippen molar-refractivity contribution in [3.8, 4) is 6.07 Å². The quantitative estimate of drug-likeness (QED) is 0.884. The number of nitriles is 1. The van der Waals surface area contributed by atoms with Gasteiger partial charge in [-0.1, -0.05) is 0 Å². The molecular formula is C15H21N3O. The van der Waals surface area contributed by atoms with Crippen LogP contribution in [0.2, 0.25) is 0 Å². The summed E-state index contributed by atoms with van der Waals surface area (Å²) in [6, 6.07) is 7.77. The minimum atomic E-state index is -0.151. The predicted molar refractivity (Wildman–Crippen MR) is 77.1 cm³/mol. The molecule has 19 heavy (non-hydrogen) atoms. The molecule has 0 aliphatic heterocycles. The third-order valence-electron chi connectivity index (χ3n) is 3.13. The molecular weight excluding hydrogens is 238 g/mol. The molecule has 0 aliphatic carbocycles. The van der Waals surface area contributed by atoms with Gasteiger partial charge in [-0.15, -0.1) is 0 Å². The van der Waals surface area contributed by atoms with Crippen LogP contribution in [0.25, 0.3) is 0 Å². The lowest BCUT2D eigenvalue weighted by Crippen LogP contribution is -2.34. The van der Waals surface area contributed by atoms with Gasteiger partial charge < -0.3 is 10.2 Å². The van der Waals surface area contributed by atoms with Crippen LogP contribution in [0.1, 0.15) is 29.8 Å². The van der Waals surface area contributed by atoms with E-state index < -0.39 is 0 Å². The first kappa shape index (κ1) is 15.0. The van der Waals surface area contributed by atoms with Crippen LogP contribution < -0.4 is 5.32 Å². The standard InChI is InChI=1S/C15H21N3O/c1-5-18(10-11(2)9-16)15(19)13-6-7-14(17-4)12(3)8-13/h6-8,11,17H,5,10H2,1-4H3. The number of nitrogens with zero attached hydrogens (tertiary/aromatic N) is 2. The Balaban J connectivity index is 2.92. The number of carbonyl (C=O) groups excluding carboxylic acids is 1. The summed E-state index contributed by atoms with van der Waals surface area (Å²) in [4.78, 5) is 14.1. The van der Waals surface area contributed by atoms with Crippen LogP contribution in [0.5, 0.6) is 0 Å². The Morgan fingerprint density at radius 3 is 2.68 bits per heavy atom. The Hall–Kier alpha value is -2.02. The second-order valence-corrected chi connectivity index (χ2v) is 4.65. The molecule has 1 aromatic rings. The largest absolute Gasteiger partial charge is 0.388 e. The summed E-state index contributed by atoms with van der Waals surface area (Å²) in [5.74, 6) is -0.170. The predicted octanol–water partition coefficient (Wildman–Crippen LogP) is 2.66. The molecule has 102 valence electrons. The molecule has 0 heterocycles. The maximum absolute atomic E-state index is 12.4. The van der Waals surface area contributed by atoms with E-state index in [1.54, 1.807) is 4.90 Å². The first-order valence-corrected chi connectivity index (χ1v) is 6.50. The zero-order valence-electron chi connectivity index (χ0n) is 12.0. The molecule has 1 rings (SSSR count). The number of hydrogen-bond acceptors (Lipinski definition) is 3. The Labute approximate surface area is 115 Å². The second kappa shape index (κ2) is 6.79. The number of anilines is 1. The van der Waals surface area contributed by atoms with E-state index in [0.717, 1.165) is 11.3 Å². The van der Waals surface area contributed by atoms with E-state index in [9.17, 15) is 4.79 Å². The summed E-state index contributed by atoms with van der Waals surface area (Å²) in [7, 11) is 1.86. The van der Waals surface area contributed by atoms with E-state index in [1.165, 1.54) is 0 Å². The number of hydrogen-bond donors (Lipinski definition) is 1. The summed E-state index contributed by atoms with van der Waals surface area (Å²) in [6.07, 6.45) is 0. The van der Waals surface area contributed by atoms with Crippen molar-refractivity contribution in [2.24, 2.45) is 5.92 Å². The van der Waals surface area contributed by atoms with Gasteiger partial charge in [-0.25, -0.2) is 0 Å². The van der Waals surface area contributed by atoms with Crippen molar-refractivity contribution in [3.05, 3.63) is 29.3 Å². The highest BCUT2D eigenvalue weighted by Crippen LogP contribution is 2.17. The van der Waals surface area contributed by atoms with E-state index in [-0.39, 0.29) is 11.8 Å². The minimum Gasteiger partial charge on any atom is -0.388 e. The summed E-state index contributed by atoms with van der Waals surface area (Å²) < 4.78 is 0. The number of nitrogens with one attached hydrogen (secondary N) is 1. The SMILES string of the molecule is CCN(CC(C)C#N)C(=O)c1ccc(NC)c(C)c1. The van der Waals surface area contributed by atoms with Crippen LogP contribution in [0.15, 0.2) is 18.2 Å². The average Bonchev–Trinajstić information content (AvgIpc) is 2.43. The maximum Gasteiger partial charge on any atom is 0.253 e. The van der Waals surface area contributed by atoms with E-state index in [2.05, 4.69) is 11.4 Å². The van der Waals surface area contributed by atoms with Gasteiger partial charge in [0.05, 0.1) is 12.0 Å². The normalized spacial score (nSPS) is 11.5. The van der Waals surface area contributed by atoms with Crippen LogP contribution in [-0.4, -0.2) is 30.9 Å². The molecule has 0 spiro atoms. The third kappa shape index (κ3) is 3.72. The van der Waals surface area contributed by atoms with E-state index >= 15 is 0 Å². The van der Waals surface area contributed by atoms with Gasteiger partial charge >= 0.3 is 0 Å². The number of benzene rings is 1. The number of amides is 1. The molecule has 4 nitrogen and oxygen atoms in total. The van der Waals surface area contributed by atoms with Gasteiger partial charge in [-0.3, -0.25) is 4.79 Å². The second-order valence-electron chi connectivity index (χ2n) is 4.65. The summed E-state index contributed by atoms with van der Waals surface area (Å²) in [6.45, 7) is 6.80. The zero-order valence-corrected chi connectivity index (χ0v) is 12.0. The smallest absolute Gasteiger partial charge is 0.253 e. The van der Waals surface area contributed by atoms with Crippen LogP contribution >= 0.6 is 0 Å². The van der Waals surface area contributed by atoms with Crippen LogP contribution in [0.4, 0.5) is 5.69 Å². The fourth-order valence-electron chi connectivity index (χ4n) is 1.99. The zero-order chi connectivity index (χ0) is 14.4. The molecule has 1 N–H and O–H groups in total. The van der Waals surface area contributed by atoms with Gasteiger partial charge in [0.2, 0.25) is 0 Å². The molecule has 0 fully saturated rings. The fourth-order valence-corrected chi connectivity index (χ4v) is 1.99. The van der Waals surface area contributed by atoms with Gasteiger partial charge in [0.25, 0.3) is 5.91 Å². The highest BCUT2D eigenvalue weighted by molar-refractivity contribution is 5.95. The van der Waals surface area contributed by atoms with Gasteiger partial charge in [0.15, 0.2) is 0 Å². The van der Waals surface area contributed by atoms with Crippen molar-refractivity contribution < 1.29 is 4.79 Å². The third-order valence-corrected chi connectivity index (χ3v) is 3.13. The lowest BCUT2D eigenvalue weighted by Gasteiger charge is -2.22.